The van der Waals surface area contributed by atoms with Crippen LogP contribution in [0.2, 0.25) is 0 Å². The minimum absolute atomic E-state index is 0.304. The minimum atomic E-state index is -0.304. The average molecular weight is 247 g/mol. The number of para-hydroxylation sites is 2. The SMILES string of the molecule is CCOc1ccccc1OC(CN)c1ccco1. The van der Waals surface area contributed by atoms with Gasteiger partial charge in [-0.1, -0.05) is 12.1 Å². The number of benzene rings is 1. The lowest BCUT2D eigenvalue weighted by Crippen LogP contribution is -2.18. The molecular weight excluding hydrogens is 230 g/mol. The Kier molecular flexibility index (Phi) is 4.25. The molecule has 2 N–H and O–H groups in total. The number of hydrogen-bond acceptors (Lipinski definition) is 4. The van der Waals surface area contributed by atoms with E-state index in [2.05, 4.69) is 0 Å². The molecule has 2 rings (SSSR count). The van der Waals surface area contributed by atoms with Crippen LogP contribution in [0, 0.1) is 0 Å². The standard InChI is InChI=1S/C14H17NO3/c1-2-16-11-6-3-4-7-13(11)18-14(10-15)12-8-5-9-17-12/h3-9,14H,2,10,15H2,1H3. The fraction of sp³-hybridized carbons (Fsp3) is 0.286. The molecule has 0 aliphatic rings. The van der Waals surface area contributed by atoms with Crippen molar-refractivity contribution in [1.29, 1.82) is 0 Å². The summed E-state index contributed by atoms with van der Waals surface area (Å²) in [5.41, 5.74) is 5.71. The molecule has 0 saturated carbocycles. The van der Waals surface area contributed by atoms with Crippen molar-refractivity contribution >= 4 is 0 Å². The van der Waals surface area contributed by atoms with Crippen LogP contribution < -0.4 is 15.2 Å². The third kappa shape index (κ3) is 2.84. The maximum atomic E-state index is 5.85. The lowest BCUT2D eigenvalue weighted by atomic mass is 10.2. The molecule has 0 aliphatic heterocycles. The van der Waals surface area contributed by atoms with E-state index in [9.17, 15) is 0 Å². The minimum Gasteiger partial charge on any atom is -0.490 e. The van der Waals surface area contributed by atoms with Gasteiger partial charge in [0.15, 0.2) is 17.6 Å². The van der Waals surface area contributed by atoms with Gasteiger partial charge in [-0.15, -0.1) is 0 Å². The second kappa shape index (κ2) is 6.12. The van der Waals surface area contributed by atoms with Crippen LogP contribution in [0.4, 0.5) is 0 Å². The van der Waals surface area contributed by atoms with E-state index >= 15 is 0 Å². The Morgan fingerprint density at radius 3 is 2.56 bits per heavy atom. The molecule has 0 aliphatic carbocycles. The molecule has 0 radical (unpaired) electrons. The Balaban J connectivity index is 2.17. The average Bonchev–Trinajstić information content (AvgIpc) is 2.92. The van der Waals surface area contributed by atoms with Gasteiger partial charge in [0.1, 0.15) is 5.76 Å². The predicted molar refractivity (Wildman–Crippen MR) is 68.7 cm³/mol. The summed E-state index contributed by atoms with van der Waals surface area (Å²) in [6, 6.07) is 11.2. The van der Waals surface area contributed by atoms with Crippen molar-refractivity contribution in [2.45, 2.75) is 13.0 Å². The summed E-state index contributed by atoms with van der Waals surface area (Å²) >= 11 is 0. The van der Waals surface area contributed by atoms with Gasteiger partial charge in [0.25, 0.3) is 0 Å². The summed E-state index contributed by atoms with van der Waals surface area (Å²) in [5.74, 6) is 2.10. The molecule has 4 nitrogen and oxygen atoms in total. The summed E-state index contributed by atoms with van der Waals surface area (Å²) in [6.07, 6.45) is 1.30. The fourth-order valence-electron chi connectivity index (χ4n) is 1.67. The molecule has 1 heterocycles. The molecule has 1 aromatic heterocycles. The smallest absolute Gasteiger partial charge is 0.168 e. The van der Waals surface area contributed by atoms with Crippen molar-refractivity contribution in [3.8, 4) is 11.5 Å². The molecule has 0 amide bonds. The Labute approximate surface area is 106 Å². The zero-order chi connectivity index (χ0) is 12.8. The monoisotopic (exact) mass is 247 g/mol. The van der Waals surface area contributed by atoms with E-state index in [-0.39, 0.29) is 6.10 Å². The third-order valence-electron chi connectivity index (χ3n) is 2.49. The van der Waals surface area contributed by atoms with E-state index in [0.29, 0.717) is 30.4 Å². The van der Waals surface area contributed by atoms with E-state index in [0.717, 1.165) is 0 Å². The van der Waals surface area contributed by atoms with Crippen molar-refractivity contribution in [3.05, 3.63) is 48.4 Å². The maximum absolute atomic E-state index is 5.85. The summed E-state index contributed by atoms with van der Waals surface area (Å²) in [7, 11) is 0. The lowest BCUT2D eigenvalue weighted by Gasteiger charge is -2.17. The molecule has 0 fully saturated rings. The number of furan rings is 1. The normalized spacial score (nSPS) is 12.1. The Morgan fingerprint density at radius 2 is 1.94 bits per heavy atom. The third-order valence-corrected chi connectivity index (χ3v) is 2.49. The van der Waals surface area contributed by atoms with Crippen LogP contribution in [0.15, 0.2) is 47.1 Å². The van der Waals surface area contributed by atoms with Crippen molar-refractivity contribution in [3.63, 3.8) is 0 Å². The first kappa shape index (κ1) is 12.5. The number of hydrogen-bond donors (Lipinski definition) is 1. The number of rotatable bonds is 6. The highest BCUT2D eigenvalue weighted by atomic mass is 16.5. The van der Waals surface area contributed by atoms with Gasteiger partial charge in [-0.05, 0) is 31.2 Å². The van der Waals surface area contributed by atoms with Gasteiger partial charge in [0.2, 0.25) is 0 Å². The first-order valence-electron chi connectivity index (χ1n) is 5.97. The van der Waals surface area contributed by atoms with Gasteiger partial charge < -0.3 is 19.6 Å². The molecule has 0 spiro atoms. The highest BCUT2D eigenvalue weighted by molar-refractivity contribution is 5.39. The molecule has 96 valence electrons. The van der Waals surface area contributed by atoms with Crippen molar-refractivity contribution in [2.75, 3.05) is 13.2 Å². The van der Waals surface area contributed by atoms with Crippen molar-refractivity contribution in [1.82, 2.24) is 0 Å². The fourth-order valence-corrected chi connectivity index (χ4v) is 1.67. The van der Waals surface area contributed by atoms with Crippen LogP contribution in [0.3, 0.4) is 0 Å². The van der Waals surface area contributed by atoms with Gasteiger partial charge in [-0.3, -0.25) is 0 Å². The molecule has 4 heteroatoms. The van der Waals surface area contributed by atoms with E-state index in [1.165, 1.54) is 0 Å². The van der Waals surface area contributed by atoms with Gasteiger partial charge in [-0.2, -0.15) is 0 Å². The quantitative estimate of drug-likeness (QED) is 0.852. The molecular formula is C14H17NO3. The van der Waals surface area contributed by atoms with Crippen LogP contribution >= 0.6 is 0 Å². The number of ether oxygens (including phenoxy) is 2. The first-order valence-corrected chi connectivity index (χ1v) is 5.97. The number of nitrogens with two attached hydrogens (primary N) is 1. The topological polar surface area (TPSA) is 57.6 Å². The van der Waals surface area contributed by atoms with E-state index in [4.69, 9.17) is 19.6 Å². The highest BCUT2D eigenvalue weighted by Gasteiger charge is 2.16. The van der Waals surface area contributed by atoms with Crippen LogP contribution in [0.1, 0.15) is 18.8 Å². The lowest BCUT2D eigenvalue weighted by molar-refractivity contribution is 0.174. The van der Waals surface area contributed by atoms with Crippen LogP contribution in [-0.2, 0) is 0 Å². The van der Waals surface area contributed by atoms with Crippen molar-refractivity contribution < 1.29 is 13.9 Å². The molecule has 18 heavy (non-hydrogen) atoms. The predicted octanol–water partition coefficient (Wildman–Crippen LogP) is 2.76. The van der Waals surface area contributed by atoms with E-state index < -0.39 is 0 Å². The second-order valence-corrected chi connectivity index (χ2v) is 3.74. The van der Waals surface area contributed by atoms with Gasteiger partial charge in [-0.25, -0.2) is 0 Å². The second-order valence-electron chi connectivity index (χ2n) is 3.74. The Bertz CT molecular complexity index is 468. The molecule has 0 saturated heterocycles. The maximum Gasteiger partial charge on any atom is 0.168 e. The van der Waals surface area contributed by atoms with Crippen LogP contribution in [0.25, 0.3) is 0 Å². The first-order chi connectivity index (χ1) is 8.85. The zero-order valence-corrected chi connectivity index (χ0v) is 10.3. The van der Waals surface area contributed by atoms with Crippen LogP contribution in [0.5, 0.6) is 11.5 Å². The molecule has 1 unspecified atom stereocenters. The van der Waals surface area contributed by atoms with Gasteiger partial charge >= 0.3 is 0 Å². The molecule has 2 aromatic rings. The largest absolute Gasteiger partial charge is 0.490 e. The Morgan fingerprint density at radius 1 is 1.17 bits per heavy atom. The van der Waals surface area contributed by atoms with E-state index in [1.807, 2.05) is 43.3 Å². The zero-order valence-electron chi connectivity index (χ0n) is 10.3. The summed E-state index contributed by atoms with van der Waals surface area (Å²) < 4.78 is 16.7. The van der Waals surface area contributed by atoms with Gasteiger partial charge in [0.05, 0.1) is 12.9 Å². The van der Waals surface area contributed by atoms with Gasteiger partial charge in [0, 0.05) is 6.54 Å². The molecule has 0 bridgehead atoms. The van der Waals surface area contributed by atoms with Crippen molar-refractivity contribution in [2.24, 2.45) is 5.73 Å². The Hall–Kier alpha value is -1.94. The highest BCUT2D eigenvalue weighted by Crippen LogP contribution is 2.30. The summed E-state index contributed by atoms with van der Waals surface area (Å²) in [5, 5.41) is 0. The van der Waals surface area contributed by atoms with Crippen LogP contribution in [-0.4, -0.2) is 13.2 Å². The summed E-state index contributed by atoms with van der Waals surface area (Å²) in [6.45, 7) is 2.87. The molecule has 1 atom stereocenters. The van der Waals surface area contributed by atoms with E-state index in [1.54, 1.807) is 6.26 Å². The summed E-state index contributed by atoms with van der Waals surface area (Å²) in [4.78, 5) is 0. The molecule has 1 aromatic carbocycles.